The van der Waals surface area contributed by atoms with Crippen LogP contribution in [0.2, 0.25) is 0 Å². The SMILES string of the molecule is Cc1ccc(N(CCC(=O)N2CCCCC2)S(C)(=O)=O)cc1. The number of benzene rings is 1. The molecule has 0 spiro atoms. The van der Waals surface area contributed by atoms with Gasteiger partial charge in [-0.1, -0.05) is 17.7 Å². The van der Waals surface area contributed by atoms with Crippen molar-refractivity contribution in [3.8, 4) is 0 Å². The summed E-state index contributed by atoms with van der Waals surface area (Å²) >= 11 is 0. The highest BCUT2D eigenvalue weighted by Crippen LogP contribution is 2.19. The molecule has 0 unspecified atom stereocenters. The summed E-state index contributed by atoms with van der Waals surface area (Å²) in [4.78, 5) is 14.1. The Labute approximate surface area is 133 Å². The van der Waals surface area contributed by atoms with Crippen LogP contribution < -0.4 is 4.31 Å². The van der Waals surface area contributed by atoms with E-state index in [1.54, 1.807) is 12.1 Å². The van der Waals surface area contributed by atoms with Crippen molar-refractivity contribution >= 4 is 21.6 Å². The number of amides is 1. The topological polar surface area (TPSA) is 57.7 Å². The van der Waals surface area contributed by atoms with Crippen LogP contribution in [0.4, 0.5) is 5.69 Å². The molecule has 0 aliphatic carbocycles. The monoisotopic (exact) mass is 324 g/mol. The highest BCUT2D eigenvalue weighted by Gasteiger charge is 2.21. The number of piperidine rings is 1. The van der Waals surface area contributed by atoms with Gasteiger partial charge in [-0.25, -0.2) is 8.42 Å². The molecule has 0 saturated carbocycles. The molecule has 2 rings (SSSR count). The third kappa shape index (κ3) is 4.47. The minimum atomic E-state index is -3.39. The van der Waals surface area contributed by atoms with Crippen LogP contribution >= 0.6 is 0 Å². The normalized spacial score (nSPS) is 15.6. The molecule has 1 fully saturated rings. The maximum atomic E-state index is 12.2. The molecule has 0 radical (unpaired) electrons. The Morgan fingerprint density at radius 2 is 1.73 bits per heavy atom. The van der Waals surface area contributed by atoms with Crippen molar-refractivity contribution < 1.29 is 13.2 Å². The van der Waals surface area contributed by atoms with Crippen molar-refractivity contribution in [2.75, 3.05) is 30.2 Å². The fourth-order valence-electron chi connectivity index (χ4n) is 2.70. The summed E-state index contributed by atoms with van der Waals surface area (Å²) in [5.41, 5.74) is 1.68. The number of likely N-dealkylation sites (tertiary alicyclic amines) is 1. The number of hydrogen-bond donors (Lipinski definition) is 0. The van der Waals surface area contributed by atoms with Crippen molar-refractivity contribution in [2.24, 2.45) is 0 Å². The molecule has 0 aromatic heterocycles. The van der Waals surface area contributed by atoms with Gasteiger partial charge in [0.05, 0.1) is 11.9 Å². The first-order chi connectivity index (χ1) is 10.4. The molecule has 5 nitrogen and oxygen atoms in total. The van der Waals surface area contributed by atoms with E-state index in [1.807, 2.05) is 24.0 Å². The van der Waals surface area contributed by atoms with Crippen molar-refractivity contribution in [3.63, 3.8) is 0 Å². The summed E-state index contributed by atoms with van der Waals surface area (Å²) in [6.07, 6.45) is 4.65. The van der Waals surface area contributed by atoms with Gasteiger partial charge in [0.1, 0.15) is 0 Å². The van der Waals surface area contributed by atoms with E-state index in [0.717, 1.165) is 31.5 Å². The second-order valence-electron chi connectivity index (χ2n) is 5.86. The van der Waals surface area contributed by atoms with Crippen molar-refractivity contribution in [1.29, 1.82) is 0 Å². The predicted octanol–water partition coefficient (Wildman–Crippen LogP) is 2.16. The number of nitrogens with zero attached hydrogens (tertiary/aromatic N) is 2. The largest absolute Gasteiger partial charge is 0.343 e. The van der Waals surface area contributed by atoms with Gasteiger partial charge in [-0.05, 0) is 38.3 Å². The van der Waals surface area contributed by atoms with Crippen LogP contribution in [-0.2, 0) is 14.8 Å². The van der Waals surface area contributed by atoms with Crippen molar-refractivity contribution in [2.45, 2.75) is 32.6 Å². The number of hydrogen-bond acceptors (Lipinski definition) is 3. The Kier molecular flexibility index (Phi) is 5.45. The molecule has 0 atom stereocenters. The molecule has 0 bridgehead atoms. The van der Waals surface area contributed by atoms with E-state index >= 15 is 0 Å². The maximum absolute atomic E-state index is 12.2. The minimum absolute atomic E-state index is 0.0421. The third-order valence-electron chi connectivity index (χ3n) is 3.96. The average molecular weight is 324 g/mol. The molecule has 0 N–H and O–H groups in total. The lowest BCUT2D eigenvalue weighted by molar-refractivity contribution is -0.131. The third-order valence-corrected chi connectivity index (χ3v) is 5.15. The van der Waals surface area contributed by atoms with Gasteiger partial charge in [0.2, 0.25) is 15.9 Å². The van der Waals surface area contributed by atoms with Crippen LogP contribution in [-0.4, -0.2) is 45.1 Å². The summed E-state index contributed by atoms with van der Waals surface area (Å²) in [7, 11) is -3.39. The van der Waals surface area contributed by atoms with Crippen LogP contribution in [0.1, 0.15) is 31.2 Å². The number of anilines is 1. The van der Waals surface area contributed by atoms with E-state index in [0.29, 0.717) is 5.69 Å². The van der Waals surface area contributed by atoms with Gasteiger partial charge >= 0.3 is 0 Å². The smallest absolute Gasteiger partial charge is 0.232 e. The predicted molar refractivity (Wildman–Crippen MR) is 88.4 cm³/mol. The highest BCUT2D eigenvalue weighted by atomic mass is 32.2. The second kappa shape index (κ2) is 7.13. The van der Waals surface area contributed by atoms with Crippen LogP contribution in [0, 0.1) is 6.92 Å². The molecule has 22 heavy (non-hydrogen) atoms. The number of carbonyl (C=O) groups excluding carboxylic acids is 1. The van der Waals surface area contributed by atoms with Crippen molar-refractivity contribution in [1.82, 2.24) is 4.90 Å². The summed E-state index contributed by atoms with van der Waals surface area (Å²) in [6.45, 7) is 3.73. The minimum Gasteiger partial charge on any atom is -0.343 e. The molecule has 1 aliphatic heterocycles. The van der Waals surface area contributed by atoms with E-state index in [1.165, 1.54) is 17.0 Å². The number of rotatable bonds is 5. The lowest BCUT2D eigenvalue weighted by atomic mass is 10.1. The van der Waals surface area contributed by atoms with Crippen LogP contribution in [0.5, 0.6) is 0 Å². The Hall–Kier alpha value is -1.56. The van der Waals surface area contributed by atoms with Crippen molar-refractivity contribution in [3.05, 3.63) is 29.8 Å². The fourth-order valence-corrected chi connectivity index (χ4v) is 3.62. The Morgan fingerprint density at radius 3 is 2.27 bits per heavy atom. The summed E-state index contributed by atoms with van der Waals surface area (Å²) in [5.74, 6) is 0.0421. The van der Waals surface area contributed by atoms with Gasteiger partial charge in [-0.15, -0.1) is 0 Å². The van der Waals surface area contributed by atoms with Gasteiger partial charge in [0, 0.05) is 26.1 Å². The zero-order chi connectivity index (χ0) is 16.2. The number of aryl methyl sites for hydroxylation is 1. The van der Waals surface area contributed by atoms with E-state index in [9.17, 15) is 13.2 Å². The summed E-state index contributed by atoms with van der Waals surface area (Å²) in [5, 5.41) is 0. The van der Waals surface area contributed by atoms with Gasteiger partial charge in [-0.3, -0.25) is 9.10 Å². The van der Waals surface area contributed by atoms with Crippen LogP contribution in [0.3, 0.4) is 0 Å². The maximum Gasteiger partial charge on any atom is 0.232 e. The number of carbonyl (C=O) groups is 1. The zero-order valence-corrected chi connectivity index (χ0v) is 14.1. The molecule has 1 aromatic rings. The molecule has 1 heterocycles. The Balaban J connectivity index is 2.04. The highest BCUT2D eigenvalue weighted by molar-refractivity contribution is 7.92. The first-order valence-corrected chi connectivity index (χ1v) is 9.55. The Morgan fingerprint density at radius 1 is 1.14 bits per heavy atom. The second-order valence-corrected chi connectivity index (χ2v) is 7.77. The molecule has 1 amide bonds. The first-order valence-electron chi connectivity index (χ1n) is 7.70. The fraction of sp³-hybridized carbons (Fsp3) is 0.562. The molecule has 1 aliphatic rings. The quantitative estimate of drug-likeness (QED) is 0.834. The van der Waals surface area contributed by atoms with E-state index in [-0.39, 0.29) is 18.9 Å². The first kappa shape index (κ1) is 16.8. The standard InChI is InChI=1S/C16H24N2O3S/c1-14-6-8-15(9-7-14)18(22(2,20)21)13-10-16(19)17-11-4-3-5-12-17/h6-9H,3-5,10-13H2,1-2H3. The van der Waals surface area contributed by atoms with Gasteiger partial charge in [0.15, 0.2) is 0 Å². The van der Waals surface area contributed by atoms with Gasteiger partial charge in [0.25, 0.3) is 0 Å². The zero-order valence-electron chi connectivity index (χ0n) is 13.3. The van der Waals surface area contributed by atoms with E-state index < -0.39 is 10.0 Å². The molecule has 122 valence electrons. The van der Waals surface area contributed by atoms with E-state index in [2.05, 4.69) is 0 Å². The van der Waals surface area contributed by atoms with Gasteiger partial charge in [-0.2, -0.15) is 0 Å². The number of sulfonamides is 1. The average Bonchev–Trinajstić information content (AvgIpc) is 2.48. The lowest BCUT2D eigenvalue weighted by Crippen LogP contribution is -2.39. The van der Waals surface area contributed by atoms with Crippen LogP contribution in [0.25, 0.3) is 0 Å². The summed E-state index contributed by atoms with van der Waals surface area (Å²) < 4.78 is 25.3. The molecular weight excluding hydrogens is 300 g/mol. The molecular formula is C16H24N2O3S. The summed E-state index contributed by atoms with van der Waals surface area (Å²) in [6, 6.07) is 7.31. The van der Waals surface area contributed by atoms with Crippen LogP contribution in [0.15, 0.2) is 24.3 Å². The lowest BCUT2D eigenvalue weighted by Gasteiger charge is -2.28. The van der Waals surface area contributed by atoms with Gasteiger partial charge < -0.3 is 4.90 Å². The molecule has 1 saturated heterocycles. The Bertz CT molecular complexity index is 605. The molecule has 6 heteroatoms. The van der Waals surface area contributed by atoms with E-state index in [4.69, 9.17) is 0 Å². The molecule has 1 aromatic carbocycles.